The molecule has 0 bridgehead atoms. The first-order valence-electron chi connectivity index (χ1n) is 7.29. The number of nitrogens with zero attached hydrogens (tertiary/aromatic N) is 3. The molecule has 0 spiro atoms. The smallest absolute Gasteiger partial charge is 0.341 e. The van der Waals surface area contributed by atoms with E-state index in [1.807, 2.05) is 13.8 Å². The highest BCUT2D eigenvalue weighted by Gasteiger charge is 2.26. The van der Waals surface area contributed by atoms with Crippen molar-refractivity contribution in [3.05, 3.63) is 40.5 Å². The molecular formula is C15H13F2N3O3S3. The van der Waals surface area contributed by atoms with Gasteiger partial charge in [-0.15, -0.1) is 21.5 Å². The molecule has 2 heterocycles. The van der Waals surface area contributed by atoms with E-state index in [9.17, 15) is 17.2 Å². The average molecular weight is 417 g/mol. The van der Waals surface area contributed by atoms with Gasteiger partial charge in [-0.1, -0.05) is 23.9 Å². The fraction of sp³-hybridized carbons (Fsp3) is 0.267. The Labute approximate surface area is 156 Å². The fourth-order valence-corrected chi connectivity index (χ4v) is 4.39. The Morgan fingerprint density at radius 3 is 2.46 bits per heavy atom. The molecule has 0 unspecified atom stereocenters. The zero-order valence-corrected chi connectivity index (χ0v) is 16.1. The van der Waals surface area contributed by atoms with E-state index in [0.29, 0.717) is 16.9 Å². The van der Waals surface area contributed by atoms with Crippen LogP contribution in [0.1, 0.15) is 16.3 Å². The molecule has 0 radical (unpaired) electrons. The van der Waals surface area contributed by atoms with Crippen molar-refractivity contribution in [1.29, 1.82) is 0 Å². The zero-order valence-electron chi connectivity index (χ0n) is 13.6. The standard InChI is InChI=1S/C15H13F2N3O3S3/c1-8-12(25-9(2)18-8)13-19-20-15(23-13)24-7-10-3-5-11(6-4-10)26(21,22)14(16)17/h3-6,14H,7H2,1-2H3. The van der Waals surface area contributed by atoms with Crippen LogP contribution >= 0.6 is 23.1 Å². The topological polar surface area (TPSA) is 86.0 Å². The number of rotatable bonds is 6. The molecule has 26 heavy (non-hydrogen) atoms. The second-order valence-corrected chi connectivity index (χ2v) is 9.31. The number of aromatic nitrogens is 3. The van der Waals surface area contributed by atoms with Crippen molar-refractivity contribution in [3.8, 4) is 10.8 Å². The van der Waals surface area contributed by atoms with Gasteiger partial charge >= 0.3 is 5.76 Å². The summed E-state index contributed by atoms with van der Waals surface area (Å²) in [5.74, 6) is -2.61. The van der Waals surface area contributed by atoms with Gasteiger partial charge in [0.2, 0.25) is 9.84 Å². The minimum Gasteiger partial charge on any atom is -0.410 e. The van der Waals surface area contributed by atoms with Gasteiger partial charge in [-0.05, 0) is 31.5 Å². The molecule has 0 N–H and O–H groups in total. The average Bonchev–Trinajstić information content (AvgIpc) is 3.19. The van der Waals surface area contributed by atoms with Gasteiger partial charge in [-0.25, -0.2) is 13.4 Å². The molecule has 0 saturated carbocycles. The van der Waals surface area contributed by atoms with Crippen LogP contribution in [0.25, 0.3) is 10.8 Å². The lowest BCUT2D eigenvalue weighted by atomic mass is 10.2. The van der Waals surface area contributed by atoms with Gasteiger partial charge in [0.15, 0.2) is 0 Å². The van der Waals surface area contributed by atoms with E-state index in [1.165, 1.54) is 47.4 Å². The van der Waals surface area contributed by atoms with Crippen LogP contribution in [0.15, 0.2) is 38.8 Å². The van der Waals surface area contributed by atoms with Crippen LogP contribution in [0.4, 0.5) is 8.78 Å². The molecule has 0 aliphatic heterocycles. The van der Waals surface area contributed by atoms with Crippen molar-refractivity contribution in [3.63, 3.8) is 0 Å². The first-order chi connectivity index (χ1) is 12.3. The Morgan fingerprint density at radius 1 is 1.19 bits per heavy atom. The number of halogens is 2. The van der Waals surface area contributed by atoms with Crippen LogP contribution in [0, 0.1) is 13.8 Å². The van der Waals surface area contributed by atoms with Gasteiger partial charge in [0, 0.05) is 5.75 Å². The molecule has 1 aromatic carbocycles. The molecule has 0 aliphatic rings. The first-order valence-corrected chi connectivity index (χ1v) is 10.6. The second-order valence-electron chi connectivity index (χ2n) is 5.26. The summed E-state index contributed by atoms with van der Waals surface area (Å²) >= 11 is 2.73. The second kappa shape index (κ2) is 7.41. The molecule has 0 amide bonds. The van der Waals surface area contributed by atoms with Crippen molar-refractivity contribution >= 4 is 32.9 Å². The van der Waals surface area contributed by atoms with Gasteiger partial charge in [-0.2, -0.15) is 8.78 Å². The summed E-state index contributed by atoms with van der Waals surface area (Å²) in [5, 5.41) is 9.24. The van der Waals surface area contributed by atoms with Gasteiger partial charge in [0.25, 0.3) is 11.1 Å². The molecule has 0 atom stereocenters. The lowest BCUT2D eigenvalue weighted by Crippen LogP contribution is -2.11. The van der Waals surface area contributed by atoms with Crippen LogP contribution < -0.4 is 0 Å². The molecular weight excluding hydrogens is 404 g/mol. The quantitative estimate of drug-likeness (QED) is 0.558. The molecule has 2 aromatic heterocycles. The third-order valence-corrected chi connectivity index (χ3v) is 6.70. The summed E-state index contributed by atoms with van der Waals surface area (Å²) in [5.41, 5.74) is 1.57. The largest absolute Gasteiger partial charge is 0.410 e. The molecule has 138 valence electrons. The van der Waals surface area contributed by atoms with Crippen LogP contribution in [0.5, 0.6) is 0 Å². The summed E-state index contributed by atoms with van der Waals surface area (Å²) in [6, 6.07) is 5.30. The molecule has 3 aromatic rings. The van der Waals surface area contributed by atoms with Crippen molar-refractivity contribution in [2.24, 2.45) is 0 Å². The Hall–Kier alpha value is -1.85. The van der Waals surface area contributed by atoms with Crippen molar-refractivity contribution in [2.45, 2.75) is 35.5 Å². The molecule has 3 rings (SSSR count). The number of aryl methyl sites for hydroxylation is 2. The summed E-state index contributed by atoms with van der Waals surface area (Å²) in [6.07, 6.45) is 0. The lowest BCUT2D eigenvalue weighted by molar-refractivity contribution is 0.234. The van der Waals surface area contributed by atoms with E-state index in [2.05, 4.69) is 15.2 Å². The van der Waals surface area contributed by atoms with Gasteiger partial charge in [0.1, 0.15) is 4.88 Å². The van der Waals surface area contributed by atoms with Crippen molar-refractivity contribution < 1.29 is 21.6 Å². The monoisotopic (exact) mass is 417 g/mol. The maximum atomic E-state index is 12.5. The predicted molar refractivity (Wildman–Crippen MR) is 94.1 cm³/mol. The highest BCUT2D eigenvalue weighted by Crippen LogP contribution is 2.31. The maximum Gasteiger partial charge on any atom is 0.341 e. The summed E-state index contributed by atoms with van der Waals surface area (Å²) < 4.78 is 53.4. The van der Waals surface area contributed by atoms with Crippen molar-refractivity contribution in [2.75, 3.05) is 0 Å². The van der Waals surface area contributed by atoms with E-state index >= 15 is 0 Å². The van der Waals surface area contributed by atoms with Crippen LogP contribution in [0.3, 0.4) is 0 Å². The van der Waals surface area contributed by atoms with Crippen LogP contribution in [0.2, 0.25) is 0 Å². The van der Waals surface area contributed by atoms with E-state index in [4.69, 9.17) is 4.42 Å². The lowest BCUT2D eigenvalue weighted by Gasteiger charge is -2.04. The van der Waals surface area contributed by atoms with Crippen LogP contribution in [-0.4, -0.2) is 29.4 Å². The van der Waals surface area contributed by atoms with E-state index in [1.54, 1.807) is 0 Å². The SMILES string of the molecule is Cc1nc(C)c(-c2nnc(SCc3ccc(S(=O)(=O)C(F)F)cc3)o2)s1. The number of hydrogen-bond donors (Lipinski definition) is 0. The maximum absolute atomic E-state index is 12.5. The third-order valence-electron chi connectivity index (χ3n) is 3.35. The highest BCUT2D eigenvalue weighted by molar-refractivity contribution is 7.98. The molecule has 6 nitrogen and oxygen atoms in total. The predicted octanol–water partition coefficient (Wildman–Crippen LogP) is 4.10. The minimum atomic E-state index is -4.58. The number of hydrogen-bond acceptors (Lipinski definition) is 8. The highest BCUT2D eigenvalue weighted by atomic mass is 32.2. The van der Waals surface area contributed by atoms with Crippen LogP contribution in [-0.2, 0) is 15.6 Å². The Kier molecular flexibility index (Phi) is 5.39. The zero-order chi connectivity index (χ0) is 18.9. The number of benzene rings is 1. The third kappa shape index (κ3) is 3.94. The molecule has 0 saturated heterocycles. The van der Waals surface area contributed by atoms with Gasteiger partial charge < -0.3 is 4.42 Å². The Bertz CT molecular complexity index is 1010. The number of thioether (sulfide) groups is 1. The molecule has 11 heteroatoms. The minimum absolute atomic E-state index is 0.356. The Balaban J connectivity index is 1.68. The number of alkyl halides is 2. The van der Waals surface area contributed by atoms with Gasteiger partial charge in [0.05, 0.1) is 15.6 Å². The normalized spacial score (nSPS) is 12.0. The molecule has 0 fully saturated rings. The van der Waals surface area contributed by atoms with E-state index in [0.717, 1.165) is 21.1 Å². The summed E-state index contributed by atoms with van der Waals surface area (Å²) in [7, 11) is -4.58. The van der Waals surface area contributed by atoms with E-state index in [-0.39, 0.29) is 0 Å². The summed E-state index contributed by atoms with van der Waals surface area (Å²) in [6.45, 7) is 3.76. The fourth-order valence-electron chi connectivity index (χ4n) is 2.11. The van der Waals surface area contributed by atoms with Crippen molar-refractivity contribution in [1.82, 2.24) is 15.2 Å². The van der Waals surface area contributed by atoms with Gasteiger partial charge in [-0.3, -0.25) is 0 Å². The van der Waals surface area contributed by atoms with E-state index < -0.39 is 20.5 Å². The summed E-state index contributed by atoms with van der Waals surface area (Å²) in [4.78, 5) is 4.73. The Morgan fingerprint density at radius 2 is 1.88 bits per heavy atom. The number of sulfone groups is 1. The molecule has 0 aliphatic carbocycles. The first kappa shape index (κ1) is 18.9. The number of thiazole rings is 1.